The van der Waals surface area contributed by atoms with Crippen molar-refractivity contribution in [1.82, 2.24) is 0 Å². The molecule has 0 fully saturated rings. The zero-order valence-corrected chi connectivity index (χ0v) is 18.8. The average molecular weight is 448 g/mol. The summed E-state index contributed by atoms with van der Waals surface area (Å²) in [7, 11) is 1.34. The van der Waals surface area contributed by atoms with E-state index in [1.807, 2.05) is 30.3 Å². The molecule has 0 bridgehead atoms. The lowest BCUT2D eigenvalue weighted by molar-refractivity contribution is 0.0606. The van der Waals surface area contributed by atoms with Gasteiger partial charge in [0.15, 0.2) is 5.11 Å². The zero-order valence-electron chi connectivity index (χ0n) is 16.4. The van der Waals surface area contributed by atoms with Crippen molar-refractivity contribution in [3.63, 3.8) is 0 Å². The fourth-order valence-electron chi connectivity index (χ4n) is 3.00. The SMILES string of the molecule is CCN(CC)c1ccc(NC(=S)Nc2ccc3c(Cl)c(C(=O)OC)sc3c2)cc1. The van der Waals surface area contributed by atoms with Gasteiger partial charge in [-0.15, -0.1) is 11.3 Å². The van der Waals surface area contributed by atoms with E-state index in [0.717, 1.165) is 34.6 Å². The van der Waals surface area contributed by atoms with Crippen LogP contribution in [0.5, 0.6) is 0 Å². The Hall–Kier alpha value is -2.35. The summed E-state index contributed by atoms with van der Waals surface area (Å²) < 4.78 is 5.66. The predicted molar refractivity (Wildman–Crippen MR) is 128 cm³/mol. The van der Waals surface area contributed by atoms with Crippen LogP contribution in [0.2, 0.25) is 5.02 Å². The summed E-state index contributed by atoms with van der Waals surface area (Å²) in [4.78, 5) is 14.5. The standard InChI is InChI=1S/C21H22ClN3O2S2/c1-4-25(5-2)15-9-6-13(7-10-15)23-21(28)24-14-8-11-16-17(12-14)29-19(18(16)22)20(26)27-3/h6-12H,4-5H2,1-3H3,(H2,23,24,28). The van der Waals surface area contributed by atoms with Gasteiger partial charge in [0.05, 0.1) is 12.1 Å². The van der Waals surface area contributed by atoms with Gasteiger partial charge in [-0.25, -0.2) is 4.79 Å². The zero-order chi connectivity index (χ0) is 21.0. The molecule has 0 atom stereocenters. The summed E-state index contributed by atoms with van der Waals surface area (Å²) in [5, 5.41) is 8.07. The highest BCUT2D eigenvalue weighted by molar-refractivity contribution is 7.80. The molecule has 29 heavy (non-hydrogen) atoms. The highest BCUT2D eigenvalue weighted by Crippen LogP contribution is 2.37. The molecule has 0 saturated heterocycles. The van der Waals surface area contributed by atoms with Crippen molar-refractivity contribution in [3.8, 4) is 0 Å². The van der Waals surface area contributed by atoms with E-state index < -0.39 is 5.97 Å². The van der Waals surface area contributed by atoms with Gasteiger partial charge in [0.2, 0.25) is 0 Å². The van der Waals surface area contributed by atoms with Gasteiger partial charge < -0.3 is 20.3 Å². The van der Waals surface area contributed by atoms with Crippen LogP contribution in [0.15, 0.2) is 42.5 Å². The topological polar surface area (TPSA) is 53.6 Å². The summed E-state index contributed by atoms with van der Waals surface area (Å²) >= 11 is 13.0. The number of esters is 1. The highest BCUT2D eigenvalue weighted by Gasteiger charge is 2.17. The van der Waals surface area contributed by atoms with Gasteiger partial charge in [0, 0.05) is 40.2 Å². The number of benzene rings is 2. The summed E-state index contributed by atoms with van der Waals surface area (Å²) in [6, 6.07) is 13.8. The van der Waals surface area contributed by atoms with Crippen molar-refractivity contribution in [2.45, 2.75) is 13.8 Å². The van der Waals surface area contributed by atoms with Crippen LogP contribution in [0.4, 0.5) is 17.1 Å². The Morgan fingerprint density at radius 2 is 1.72 bits per heavy atom. The van der Waals surface area contributed by atoms with E-state index in [9.17, 15) is 4.79 Å². The van der Waals surface area contributed by atoms with Crippen molar-refractivity contribution in [3.05, 3.63) is 52.4 Å². The minimum absolute atomic E-state index is 0.398. The molecule has 5 nitrogen and oxygen atoms in total. The Kier molecular flexibility index (Phi) is 6.95. The van der Waals surface area contributed by atoms with Crippen LogP contribution in [-0.2, 0) is 4.74 Å². The molecule has 0 amide bonds. The van der Waals surface area contributed by atoms with Crippen molar-refractivity contribution >= 4 is 73.4 Å². The van der Waals surface area contributed by atoms with E-state index in [2.05, 4.69) is 41.5 Å². The second-order valence-corrected chi connectivity index (χ2v) is 8.08. The van der Waals surface area contributed by atoms with E-state index in [0.29, 0.717) is 15.0 Å². The molecule has 0 spiro atoms. The van der Waals surface area contributed by atoms with Gasteiger partial charge in [-0.2, -0.15) is 0 Å². The number of hydrogen-bond donors (Lipinski definition) is 2. The number of fused-ring (bicyclic) bond motifs is 1. The Morgan fingerprint density at radius 1 is 1.10 bits per heavy atom. The third-order valence-corrected chi connectivity index (χ3v) is 6.35. The van der Waals surface area contributed by atoms with E-state index in [4.69, 9.17) is 28.6 Å². The van der Waals surface area contributed by atoms with Gasteiger partial charge in [0.25, 0.3) is 0 Å². The first-order valence-corrected chi connectivity index (χ1v) is 10.8. The summed E-state index contributed by atoms with van der Waals surface area (Å²) in [5.74, 6) is -0.434. The molecule has 0 saturated carbocycles. The summed E-state index contributed by atoms with van der Waals surface area (Å²) in [5.41, 5.74) is 2.90. The molecule has 0 aliphatic heterocycles. The summed E-state index contributed by atoms with van der Waals surface area (Å²) in [6.07, 6.45) is 0. The van der Waals surface area contributed by atoms with Crippen molar-refractivity contribution in [1.29, 1.82) is 0 Å². The summed E-state index contributed by atoms with van der Waals surface area (Å²) in [6.45, 7) is 6.22. The molecule has 2 aromatic carbocycles. The second kappa shape index (κ2) is 9.43. The number of thiocarbonyl (C=S) groups is 1. The van der Waals surface area contributed by atoms with Gasteiger partial charge >= 0.3 is 5.97 Å². The molecule has 3 aromatic rings. The first-order chi connectivity index (χ1) is 14.0. The number of nitrogens with zero attached hydrogens (tertiary/aromatic N) is 1. The lowest BCUT2D eigenvalue weighted by atomic mass is 10.2. The molecule has 0 unspecified atom stereocenters. The van der Waals surface area contributed by atoms with Gasteiger partial charge in [-0.05, 0) is 68.5 Å². The average Bonchev–Trinajstić information content (AvgIpc) is 3.05. The molecular formula is C21H22ClN3O2S2. The maximum absolute atomic E-state index is 11.8. The number of thiophene rings is 1. The third kappa shape index (κ3) is 4.80. The molecule has 0 aliphatic rings. The Bertz CT molecular complexity index is 1030. The predicted octanol–water partition coefficient (Wildman–Crippen LogP) is 6.00. The van der Waals surface area contributed by atoms with Crippen molar-refractivity contribution in [2.75, 3.05) is 35.7 Å². The van der Waals surface area contributed by atoms with E-state index in [1.54, 1.807) is 0 Å². The molecule has 1 heterocycles. The molecule has 8 heteroatoms. The van der Waals surface area contributed by atoms with Crippen molar-refractivity contribution < 1.29 is 9.53 Å². The fraction of sp³-hybridized carbons (Fsp3) is 0.238. The van der Waals surface area contributed by atoms with E-state index in [1.165, 1.54) is 24.1 Å². The van der Waals surface area contributed by atoms with Crippen LogP contribution in [0.3, 0.4) is 0 Å². The minimum atomic E-state index is -0.434. The maximum Gasteiger partial charge on any atom is 0.349 e. The molecular weight excluding hydrogens is 426 g/mol. The van der Waals surface area contributed by atoms with Crippen molar-refractivity contribution in [2.24, 2.45) is 0 Å². The Balaban J connectivity index is 1.70. The quantitative estimate of drug-likeness (QED) is 0.357. The van der Waals surface area contributed by atoms with Gasteiger partial charge in [0.1, 0.15) is 4.88 Å². The van der Waals surface area contributed by atoms with Crippen LogP contribution < -0.4 is 15.5 Å². The lowest BCUT2D eigenvalue weighted by Crippen LogP contribution is -2.22. The number of rotatable bonds is 6. The van der Waals surface area contributed by atoms with Gasteiger partial charge in [-0.3, -0.25) is 0 Å². The number of hydrogen-bond acceptors (Lipinski definition) is 5. The molecule has 0 radical (unpaired) electrons. The number of methoxy groups -OCH3 is 1. The maximum atomic E-state index is 11.8. The largest absolute Gasteiger partial charge is 0.465 e. The molecule has 0 aliphatic carbocycles. The Labute approximate surface area is 184 Å². The van der Waals surface area contributed by atoms with Crippen LogP contribution in [0, 0.1) is 0 Å². The highest BCUT2D eigenvalue weighted by atomic mass is 35.5. The molecule has 3 rings (SSSR count). The number of carbonyl (C=O) groups excluding carboxylic acids is 1. The first-order valence-electron chi connectivity index (χ1n) is 9.20. The number of halogens is 1. The number of anilines is 3. The van der Waals surface area contributed by atoms with Gasteiger partial charge in [-0.1, -0.05) is 11.6 Å². The van der Waals surface area contributed by atoms with E-state index in [-0.39, 0.29) is 0 Å². The fourth-order valence-corrected chi connectivity index (χ4v) is 4.71. The van der Waals surface area contributed by atoms with E-state index >= 15 is 0 Å². The van der Waals surface area contributed by atoms with Crippen LogP contribution in [0.1, 0.15) is 23.5 Å². The minimum Gasteiger partial charge on any atom is -0.465 e. The molecule has 1 aromatic heterocycles. The monoisotopic (exact) mass is 447 g/mol. The van der Waals surface area contributed by atoms with Crippen LogP contribution in [0.25, 0.3) is 10.1 Å². The first kappa shape index (κ1) is 21.4. The number of carbonyl (C=O) groups is 1. The smallest absolute Gasteiger partial charge is 0.349 e. The number of ether oxygens (including phenoxy) is 1. The molecule has 2 N–H and O–H groups in total. The van der Waals surface area contributed by atoms with Crippen LogP contribution >= 0.6 is 35.2 Å². The second-order valence-electron chi connectivity index (χ2n) is 6.25. The normalized spacial score (nSPS) is 10.6. The Morgan fingerprint density at radius 3 is 2.34 bits per heavy atom. The lowest BCUT2D eigenvalue weighted by Gasteiger charge is -2.21. The van der Waals surface area contributed by atoms with Crippen LogP contribution in [-0.4, -0.2) is 31.3 Å². The third-order valence-electron chi connectivity index (χ3n) is 4.51. The number of nitrogens with one attached hydrogen (secondary N) is 2. The molecule has 152 valence electrons.